The molecule has 104 valence electrons. The molecule has 0 spiro atoms. The van der Waals surface area contributed by atoms with Gasteiger partial charge in [-0.15, -0.1) is 0 Å². The van der Waals surface area contributed by atoms with Gasteiger partial charge in [0.1, 0.15) is 0 Å². The van der Waals surface area contributed by atoms with Gasteiger partial charge in [-0.2, -0.15) is 0 Å². The summed E-state index contributed by atoms with van der Waals surface area (Å²) in [6, 6.07) is 4.78. The van der Waals surface area contributed by atoms with Crippen molar-refractivity contribution in [3.8, 4) is 0 Å². The minimum Gasteiger partial charge on any atom is -0.345 e. The van der Waals surface area contributed by atoms with Crippen molar-refractivity contribution in [2.45, 2.75) is 18.2 Å². The number of hydrogen-bond donors (Lipinski definition) is 1. The number of nitrogens with one attached hydrogen (secondary N) is 1. The number of carbonyl (C=O) groups is 2. The molecule has 0 heterocycles. The third kappa shape index (κ3) is 4.21. The summed E-state index contributed by atoms with van der Waals surface area (Å²) in [5, 5.41) is 3.17. The second-order valence-corrected chi connectivity index (χ2v) is 7.23. The molecule has 0 atom stereocenters. The zero-order valence-corrected chi connectivity index (χ0v) is 13.6. The van der Waals surface area contributed by atoms with Crippen molar-refractivity contribution in [3.05, 3.63) is 28.8 Å². The molecule has 0 aliphatic rings. The van der Waals surface area contributed by atoms with Crippen LogP contribution in [0.4, 0.5) is 5.69 Å². The van der Waals surface area contributed by atoms with Crippen LogP contribution in [-0.2, 0) is 4.79 Å². The Bertz CT molecular complexity index is 510. The predicted octanol–water partition coefficient (Wildman–Crippen LogP) is 3.15. The number of alkyl halides is 1. The van der Waals surface area contributed by atoms with Gasteiger partial charge in [0.25, 0.3) is 5.91 Å². The van der Waals surface area contributed by atoms with E-state index in [-0.39, 0.29) is 11.8 Å². The number of hydrogen-bond acceptors (Lipinski definition) is 2. The topological polar surface area (TPSA) is 49.4 Å². The Kier molecular flexibility index (Phi) is 4.98. The molecule has 0 fully saturated rings. The van der Waals surface area contributed by atoms with Gasteiger partial charge in [0.15, 0.2) is 0 Å². The Morgan fingerprint density at radius 3 is 2.37 bits per heavy atom. The van der Waals surface area contributed by atoms with Gasteiger partial charge in [-0.25, -0.2) is 0 Å². The van der Waals surface area contributed by atoms with Gasteiger partial charge in [-0.1, -0.05) is 27.5 Å². The van der Waals surface area contributed by atoms with E-state index in [0.717, 1.165) is 0 Å². The molecule has 0 saturated carbocycles. The van der Waals surface area contributed by atoms with Crippen molar-refractivity contribution in [1.29, 1.82) is 0 Å². The molecule has 1 aromatic carbocycles. The van der Waals surface area contributed by atoms with Gasteiger partial charge in [0, 0.05) is 19.1 Å². The fourth-order valence-corrected chi connectivity index (χ4v) is 1.59. The van der Waals surface area contributed by atoms with E-state index < -0.39 is 4.32 Å². The molecule has 0 aliphatic carbocycles. The molecule has 6 heteroatoms. The predicted molar refractivity (Wildman–Crippen MR) is 81.1 cm³/mol. The Morgan fingerprint density at radius 2 is 1.89 bits per heavy atom. The Hall–Kier alpha value is -1.07. The quantitative estimate of drug-likeness (QED) is 0.854. The molecule has 4 nitrogen and oxygen atoms in total. The smallest absolute Gasteiger partial charge is 0.255 e. The number of benzene rings is 1. The maximum Gasteiger partial charge on any atom is 0.255 e. The monoisotopic (exact) mass is 346 g/mol. The number of rotatable bonds is 3. The summed E-state index contributed by atoms with van der Waals surface area (Å²) >= 11 is 9.18. The molecule has 0 aromatic heterocycles. The van der Waals surface area contributed by atoms with Crippen molar-refractivity contribution < 1.29 is 9.59 Å². The number of carbonyl (C=O) groups excluding carboxylic acids is 2. The summed E-state index contributed by atoms with van der Waals surface area (Å²) in [6.45, 7) is 3.45. The van der Waals surface area contributed by atoms with Crippen molar-refractivity contribution in [2.24, 2.45) is 0 Å². The number of halogens is 2. The van der Waals surface area contributed by atoms with Crippen LogP contribution in [0.1, 0.15) is 24.2 Å². The Balaban J connectivity index is 3.15. The largest absolute Gasteiger partial charge is 0.345 e. The number of amides is 2. The minimum atomic E-state index is -0.728. The summed E-state index contributed by atoms with van der Waals surface area (Å²) in [6.07, 6.45) is 0. The van der Waals surface area contributed by atoms with Gasteiger partial charge in [-0.05, 0) is 32.0 Å². The molecule has 2 amide bonds. The second-order valence-electron chi connectivity index (χ2n) is 4.82. The van der Waals surface area contributed by atoms with E-state index in [9.17, 15) is 9.59 Å². The van der Waals surface area contributed by atoms with Gasteiger partial charge in [0.05, 0.1) is 15.6 Å². The minimum absolute atomic E-state index is 0.195. The SMILES string of the molecule is CN(C)C(=O)c1ccc(Cl)cc1NC(=O)C(C)(C)Br. The lowest BCUT2D eigenvalue weighted by Gasteiger charge is -2.19. The molecule has 0 saturated heterocycles. The highest BCUT2D eigenvalue weighted by molar-refractivity contribution is 9.10. The van der Waals surface area contributed by atoms with Crippen LogP contribution in [-0.4, -0.2) is 35.1 Å². The van der Waals surface area contributed by atoms with Crippen LogP contribution in [0.15, 0.2) is 18.2 Å². The van der Waals surface area contributed by atoms with E-state index in [4.69, 9.17) is 11.6 Å². The molecule has 0 unspecified atom stereocenters. The van der Waals surface area contributed by atoms with Crippen LogP contribution in [0.25, 0.3) is 0 Å². The molecular formula is C13H16BrClN2O2. The number of anilines is 1. The third-order valence-corrected chi connectivity index (χ3v) is 3.00. The Labute approximate surface area is 126 Å². The first kappa shape index (κ1) is 16.0. The molecule has 19 heavy (non-hydrogen) atoms. The number of nitrogens with zero attached hydrogens (tertiary/aromatic N) is 1. The summed E-state index contributed by atoms with van der Waals surface area (Å²) < 4.78 is -0.728. The molecule has 1 N–H and O–H groups in total. The van der Waals surface area contributed by atoms with Crippen LogP contribution in [0.3, 0.4) is 0 Å². The van der Waals surface area contributed by atoms with Crippen LogP contribution in [0.2, 0.25) is 5.02 Å². The summed E-state index contributed by atoms with van der Waals surface area (Å²) in [5.74, 6) is -0.443. The lowest BCUT2D eigenvalue weighted by molar-refractivity contribution is -0.117. The highest BCUT2D eigenvalue weighted by Gasteiger charge is 2.25. The normalized spacial score (nSPS) is 11.1. The molecular weight excluding hydrogens is 332 g/mol. The van der Waals surface area contributed by atoms with Crippen molar-refractivity contribution >= 4 is 45.0 Å². The third-order valence-electron chi connectivity index (χ3n) is 2.41. The van der Waals surface area contributed by atoms with E-state index in [1.54, 1.807) is 46.1 Å². The van der Waals surface area contributed by atoms with Gasteiger partial charge in [0.2, 0.25) is 5.91 Å². The van der Waals surface area contributed by atoms with E-state index in [1.165, 1.54) is 4.90 Å². The molecule has 0 aliphatic heterocycles. The van der Waals surface area contributed by atoms with E-state index >= 15 is 0 Å². The first-order chi connectivity index (χ1) is 8.62. The second kappa shape index (κ2) is 5.92. The van der Waals surface area contributed by atoms with Crippen LogP contribution in [0.5, 0.6) is 0 Å². The van der Waals surface area contributed by atoms with Crippen LogP contribution >= 0.6 is 27.5 Å². The van der Waals surface area contributed by atoms with E-state index in [1.807, 2.05) is 0 Å². The average molecular weight is 348 g/mol. The molecule has 1 aromatic rings. The van der Waals surface area contributed by atoms with Gasteiger partial charge in [-0.3, -0.25) is 9.59 Å². The van der Waals surface area contributed by atoms with Crippen molar-refractivity contribution in [1.82, 2.24) is 4.90 Å². The lowest BCUT2D eigenvalue weighted by atomic mass is 10.1. The average Bonchev–Trinajstić information content (AvgIpc) is 2.27. The lowest BCUT2D eigenvalue weighted by Crippen LogP contribution is -2.32. The van der Waals surface area contributed by atoms with Gasteiger partial charge < -0.3 is 10.2 Å². The molecule has 0 radical (unpaired) electrons. The zero-order chi connectivity index (χ0) is 14.8. The summed E-state index contributed by atoms with van der Waals surface area (Å²) in [5.41, 5.74) is 0.809. The van der Waals surface area contributed by atoms with Crippen molar-refractivity contribution in [2.75, 3.05) is 19.4 Å². The van der Waals surface area contributed by atoms with E-state index in [0.29, 0.717) is 16.3 Å². The Morgan fingerprint density at radius 1 is 1.32 bits per heavy atom. The molecule has 0 bridgehead atoms. The first-order valence-electron chi connectivity index (χ1n) is 5.64. The van der Waals surface area contributed by atoms with E-state index in [2.05, 4.69) is 21.2 Å². The van der Waals surface area contributed by atoms with Crippen LogP contribution < -0.4 is 5.32 Å². The standard InChI is InChI=1S/C13H16BrClN2O2/c1-13(2,14)12(19)16-10-7-8(15)5-6-9(10)11(18)17(3)4/h5-7H,1-4H3,(H,16,19). The highest BCUT2D eigenvalue weighted by Crippen LogP contribution is 2.25. The first-order valence-corrected chi connectivity index (χ1v) is 6.81. The molecule has 1 rings (SSSR count). The fourth-order valence-electron chi connectivity index (χ4n) is 1.32. The van der Waals surface area contributed by atoms with Crippen molar-refractivity contribution in [3.63, 3.8) is 0 Å². The van der Waals surface area contributed by atoms with Gasteiger partial charge >= 0.3 is 0 Å². The zero-order valence-electron chi connectivity index (χ0n) is 11.3. The summed E-state index contributed by atoms with van der Waals surface area (Å²) in [4.78, 5) is 25.4. The maximum absolute atomic E-state index is 12.0. The highest BCUT2D eigenvalue weighted by atomic mass is 79.9. The fraction of sp³-hybridized carbons (Fsp3) is 0.385. The maximum atomic E-state index is 12.0. The summed E-state index contributed by atoms with van der Waals surface area (Å²) in [7, 11) is 3.30. The van der Waals surface area contributed by atoms with Crippen LogP contribution in [0, 0.1) is 0 Å².